The van der Waals surface area contributed by atoms with Gasteiger partial charge in [0.2, 0.25) is 0 Å². The predicted octanol–water partition coefficient (Wildman–Crippen LogP) is 5.43. The Bertz CT molecular complexity index is 651. The fraction of sp³-hybridized carbons (Fsp3) is 0.696. The van der Waals surface area contributed by atoms with Crippen molar-refractivity contribution in [2.45, 2.75) is 84.1 Å². The lowest BCUT2D eigenvalue weighted by Gasteiger charge is -2.59. The maximum absolute atomic E-state index is 12.3. The molecule has 2 rings (SSSR count). The van der Waals surface area contributed by atoms with E-state index in [-0.39, 0.29) is 35.3 Å². The summed E-state index contributed by atoms with van der Waals surface area (Å²) in [5.74, 6) is 0.143. The second-order valence-corrected chi connectivity index (χ2v) is 8.82. The van der Waals surface area contributed by atoms with Crippen LogP contribution in [-0.2, 0) is 9.57 Å². The van der Waals surface area contributed by atoms with E-state index in [0.29, 0.717) is 0 Å². The van der Waals surface area contributed by atoms with Gasteiger partial charge in [-0.05, 0) is 39.2 Å². The van der Waals surface area contributed by atoms with E-state index in [9.17, 15) is 4.79 Å². The lowest BCUT2D eigenvalue weighted by molar-refractivity contribution is -0.335. The van der Waals surface area contributed by atoms with E-state index in [0.717, 1.165) is 24.8 Å². The van der Waals surface area contributed by atoms with Crippen LogP contribution in [0.4, 0.5) is 4.79 Å². The van der Waals surface area contributed by atoms with Gasteiger partial charge in [-0.3, -0.25) is 4.84 Å². The minimum absolute atomic E-state index is 0.0500. The van der Waals surface area contributed by atoms with Crippen molar-refractivity contribution in [3.05, 3.63) is 35.9 Å². The van der Waals surface area contributed by atoms with Gasteiger partial charge in [0.1, 0.15) is 12.2 Å². The summed E-state index contributed by atoms with van der Waals surface area (Å²) < 4.78 is 5.90. The average molecular weight is 391 g/mol. The highest BCUT2D eigenvalue weighted by molar-refractivity contribution is 5.67. The molecule has 0 spiro atoms. The summed E-state index contributed by atoms with van der Waals surface area (Å²) in [5, 5.41) is 2.22. The fourth-order valence-corrected chi connectivity index (χ4v) is 4.22. The molecule has 1 aliphatic rings. The summed E-state index contributed by atoms with van der Waals surface area (Å²) in [6.45, 7) is 13.1. The molecule has 1 amide bonds. The minimum Gasteiger partial charge on any atom is -0.446 e. The third kappa shape index (κ3) is 4.36. The molecule has 0 N–H and O–H groups in total. The second-order valence-electron chi connectivity index (χ2n) is 8.82. The molecule has 1 fully saturated rings. The van der Waals surface area contributed by atoms with Gasteiger partial charge in [0.25, 0.3) is 0 Å². The normalized spacial score (nSPS) is 32.0. The molecule has 158 valence electrons. The van der Waals surface area contributed by atoms with E-state index in [1.165, 1.54) is 4.90 Å². The molecule has 5 unspecified atom stereocenters. The SMILES string of the molecule is CCC1(C)CC(OC(=O)N(C)C)C(C)C(C)(CC)N1OC(C)c1ccccc1. The van der Waals surface area contributed by atoms with Crippen LogP contribution in [0.2, 0.25) is 0 Å². The van der Waals surface area contributed by atoms with Crippen molar-refractivity contribution in [2.75, 3.05) is 14.1 Å². The molecule has 0 radical (unpaired) electrons. The number of piperidine rings is 1. The van der Waals surface area contributed by atoms with Crippen molar-refractivity contribution in [1.82, 2.24) is 9.96 Å². The smallest absolute Gasteiger partial charge is 0.409 e. The number of ether oxygens (including phenoxy) is 1. The molecular formula is C23H38N2O3. The van der Waals surface area contributed by atoms with Gasteiger partial charge in [0, 0.05) is 37.5 Å². The van der Waals surface area contributed by atoms with Gasteiger partial charge in [0.05, 0.1) is 0 Å². The van der Waals surface area contributed by atoms with E-state index in [1.54, 1.807) is 14.1 Å². The first-order valence-electron chi connectivity index (χ1n) is 10.5. The Labute approximate surface area is 170 Å². The topological polar surface area (TPSA) is 42.0 Å². The Hall–Kier alpha value is -1.59. The van der Waals surface area contributed by atoms with Crippen LogP contribution < -0.4 is 0 Å². The van der Waals surface area contributed by atoms with Gasteiger partial charge < -0.3 is 9.64 Å². The average Bonchev–Trinajstić information content (AvgIpc) is 2.69. The molecule has 0 bridgehead atoms. The molecule has 0 aliphatic carbocycles. The van der Waals surface area contributed by atoms with Gasteiger partial charge >= 0.3 is 6.09 Å². The largest absolute Gasteiger partial charge is 0.446 e. The van der Waals surface area contributed by atoms with Crippen LogP contribution in [0.15, 0.2) is 30.3 Å². The van der Waals surface area contributed by atoms with Gasteiger partial charge in [-0.15, -0.1) is 0 Å². The number of carbonyl (C=O) groups is 1. The van der Waals surface area contributed by atoms with Crippen LogP contribution in [0.5, 0.6) is 0 Å². The zero-order valence-corrected chi connectivity index (χ0v) is 18.9. The van der Waals surface area contributed by atoms with E-state index >= 15 is 0 Å². The Morgan fingerprint density at radius 1 is 1.21 bits per heavy atom. The quantitative estimate of drug-likeness (QED) is 0.650. The van der Waals surface area contributed by atoms with Crippen molar-refractivity contribution in [3.8, 4) is 0 Å². The number of hydrogen-bond acceptors (Lipinski definition) is 4. The van der Waals surface area contributed by atoms with Crippen LogP contribution in [-0.4, -0.2) is 47.3 Å². The summed E-state index contributed by atoms with van der Waals surface area (Å²) >= 11 is 0. The Balaban J connectivity index is 2.34. The predicted molar refractivity (Wildman–Crippen MR) is 113 cm³/mol. The Morgan fingerprint density at radius 3 is 2.32 bits per heavy atom. The first-order chi connectivity index (χ1) is 13.1. The molecule has 0 aromatic heterocycles. The number of amides is 1. The van der Waals surface area contributed by atoms with Crippen molar-refractivity contribution < 1.29 is 14.4 Å². The van der Waals surface area contributed by atoms with E-state index in [1.807, 2.05) is 18.2 Å². The monoisotopic (exact) mass is 390 g/mol. The van der Waals surface area contributed by atoms with Gasteiger partial charge in [-0.25, -0.2) is 4.79 Å². The Morgan fingerprint density at radius 2 is 1.82 bits per heavy atom. The van der Waals surface area contributed by atoms with Crippen molar-refractivity contribution >= 4 is 6.09 Å². The van der Waals surface area contributed by atoms with Gasteiger partial charge in [-0.2, -0.15) is 5.06 Å². The van der Waals surface area contributed by atoms with Crippen LogP contribution in [0.3, 0.4) is 0 Å². The van der Waals surface area contributed by atoms with Crippen molar-refractivity contribution in [2.24, 2.45) is 5.92 Å². The number of nitrogens with zero attached hydrogens (tertiary/aromatic N) is 2. The molecule has 5 heteroatoms. The first kappa shape index (κ1) is 22.7. The number of hydrogen-bond donors (Lipinski definition) is 0. The maximum atomic E-state index is 12.3. The molecular weight excluding hydrogens is 352 g/mol. The highest BCUT2D eigenvalue weighted by atomic mass is 16.7. The van der Waals surface area contributed by atoms with Crippen LogP contribution in [0.1, 0.15) is 72.5 Å². The number of benzene rings is 1. The minimum atomic E-state index is -0.277. The maximum Gasteiger partial charge on any atom is 0.409 e. The fourth-order valence-electron chi connectivity index (χ4n) is 4.22. The number of carbonyl (C=O) groups excluding carboxylic acids is 1. The lowest BCUT2D eigenvalue weighted by Crippen LogP contribution is -2.68. The highest BCUT2D eigenvalue weighted by Crippen LogP contribution is 2.48. The summed E-state index contributed by atoms with van der Waals surface area (Å²) in [4.78, 5) is 20.4. The summed E-state index contributed by atoms with van der Waals surface area (Å²) in [5.41, 5.74) is 0.689. The third-order valence-electron chi connectivity index (χ3n) is 6.76. The molecule has 5 nitrogen and oxygen atoms in total. The molecule has 1 aliphatic heterocycles. The van der Waals surface area contributed by atoms with Gasteiger partial charge in [0.15, 0.2) is 0 Å². The molecule has 1 saturated heterocycles. The number of hydroxylamine groups is 2. The molecule has 0 saturated carbocycles. The highest BCUT2D eigenvalue weighted by Gasteiger charge is 2.55. The second kappa shape index (κ2) is 8.83. The van der Waals surface area contributed by atoms with Crippen molar-refractivity contribution in [3.63, 3.8) is 0 Å². The van der Waals surface area contributed by atoms with Crippen molar-refractivity contribution in [1.29, 1.82) is 0 Å². The standard InChI is InChI=1S/C23H38N2O3/c1-9-22(5)16-20(27-21(26)24(7)8)17(3)23(6,10-2)25(22)28-18(4)19-14-12-11-13-15-19/h11-15,17-18,20H,9-10,16H2,1-8H3. The lowest BCUT2D eigenvalue weighted by atomic mass is 9.69. The molecule has 1 aromatic rings. The third-order valence-corrected chi connectivity index (χ3v) is 6.76. The molecule has 1 aromatic carbocycles. The molecule has 5 atom stereocenters. The summed E-state index contributed by atoms with van der Waals surface area (Å²) in [6, 6.07) is 10.3. The van der Waals surface area contributed by atoms with Gasteiger partial charge in [-0.1, -0.05) is 51.1 Å². The number of rotatable bonds is 6. The first-order valence-corrected chi connectivity index (χ1v) is 10.5. The van der Waals surface area contributed by atoms with E-state index in [4.69, 9.17) is 9.57 Å². The summed E-state index contributed by atoms with van der Waals surface area (Å²) in [7, 11) is 3.45. The Kier molecular flexibility index (Phi) is 7.16. The van der Waals surface area contributed by atoms with E-state index < -0.39 is 0 Å². The van der Waals surface area contributed by atoms with E-state index in [2.05, 4.69) is 58.7 Å². The van der Waals surface area contributed by atoms with Crippen LogP contribution in [0.25, 0.3) is 0 Å². The zero-order valence-electron chi connectivity index (χ0n) is 18.9. The zero-order chi connectivity index (χ0) is 21.1. The van der Waals surface area contributed by atoms with Crippen LogP contribution in [0, 0.1) is 5.92 Å². The van der Waals surface area contributed by atoms with Crippen LogP contribution >= 0.6 is 0 Å². The molecule has 28 heavy (non-hydrogen) atoms. The summed E-state index contributed by atoms with van der Waals surface area (Å²) in [6.07, 6.45) is 2.10. The molecule has 1 heterocycles.